The maximum atomic E-state index is 12.4. The molecule has 0 unspecified atom stereocenters. The lowest BCUT2D eigenvalue weighted by Gasteiger charge is -2.37. The van der Waals surface area contributed by atoms with Crippen molar-refractivity contribution in [2.45, 2.75) is 12.8 Å². The third-order valence-electron chi connectivity index (χ3n) is 5.50. The summed E-state index contributed by atoms with van der Waals surface area (Å²) in [6.45, 7) is 8.04. The Morgan fingerprint density at radius 1 is 1.07 bits per heavy atom. The standard InChI is InChI=1S/C18H33N5O2S.HI/c1-19-18(20-14-16-2-12-26-13-3-16)23-6-4-21(5-7-23)15-17(24)22-8-10-25-11-9-22;/h16H,2-15H2,1H3,(H,19,20);1H. The highest BCUT2D eigenvalue weighted by molar-refractivity contribution is 14.0. The molecular weight excluding hydrogens is 477 g/mol. The van der Waals surface area contributed by atoms with Gasteiger partial charge in [-0.25, -0.2) is 0 Å². The second-order valence-corrected chi connectivity index (χ2v) is 8.46. The fourth-order valence-electron chi connectivity index (χ4n) is 3.74. The van der Waals surface area contributed by atoms with Gasteiger partial charge in [-0.05, 0) is 30.3 Å². The summed E-state index contributed by atoms with van der Waals surface area (Å²) in [7, 11) is 1.87. The summed E-state index contributed by atoms with van der Waals surface area (Å²) in [5.74, 6) is 4.61. The summed E-state index contributed by atoms with van der Waals surface area (Å²) in [6, 6.07) is 0. The Morgan fingerprint density at radius 3 is 2.37 bits per heavy atom. The average molecular weight is 511 g/mol. The molecule has 7 nitrogen and oxygen atoms in total. The molecule has 0 saturated carbocycles. The average Bonchev–Trinajstić information content (AvgIpc) is 2.71. The highest BCUT2D eigenvalue weighted by Gasteiger charge is 2.24. The molecule has 1 amide bonds. The van der Waals surface area contributed by atoms with Crippen molar-refractivity contribution in [3.05, 3.63) is 0 Å². The van der Waals surface area contributed by atoms with E-state index in [9.17, 15) is 4.79 Å². The fraction of sp³-hybridized carbons (Fsp3) is 0.889. The number of thioether (sulfide) groups is 1. The van der Waals surface area contributed by atoms with Crippen molar-refractivity contribution in [2.75, 3.05) is 84.1 Å². The van der Waals surface area contributed by atoms with Crippen LogP contribution in [0.15, 0.2) is 4.99 Å². The molecule has 0 atom stereocenters. The number of guanidine groups is 1. The van der Waals surface area contributed by atoms with Crippen LogP contribution in [0.4, 0.5) is 0 Å². The van der Waals surface area contributed by atoms with Gasteiger partial charge in [0.25, 0.3) is 0 Å². The van der Waals surface area contributed by atoms with Crippen molar-refractivity contribution in [2.24, 2.45) is 10.9 Å². The summed E-state index contributed by atoms with van der Waals surface area (Å²) in [4.78, 5) is 23.4. The highest BCUT2D eigenvalue weighted by atomic mass is 127. The van der Waals surface area contributed by atoms with Gasteiger partial charge in [0.1, 0.15) is 0 Å². The molecule has 3 saturated heterocycles. The maximum absolute atomic E-state index is 12.4. The number of nitrogens with one attached hydrogen (secondary N) is 1. The van der Waals surface area contributed by atoms with Gasteiger partial charge >= 0.3 is 0 Å². The highest BCUT2D eigenvalue weighted by Crippen LogP contribution is 2.21. The van der Waals surface area contributed by atoms with Crippen molar-refractivity contribution >= 4 is 47.6 Å². The molecule has 0 aromatic heterocycles. The first-order valence-corrected chi connectivity index (χ1v) is 11.0. The Labute approximate surface area is 184 Å². The van der Waals surface area contributed by atoms with Crippen LogP contribution < -0.4 is 5.32 Å². The Morgan fingerprint density at radius 2 is 1.74 bits per heavy atom. The van der Waals surface area contributed by atoms with Crippen LogP contribution in [0, 0.1) is 5.92 Å². The molecule has 3 rings (SSSR count). The van der Waals surface area contributed by atoms with Gasteiger partial charge in [0.15, 0.2) is 5.96 Å². The minimum absolute atomic E-state index is 0. The van der Waals surface area contributed by atoms with Crippen molar-refractivity contribution in [1.29, 1.82) is 0 Å². The number of morpholine rings is 1. The molecule has 156 valence electrons. The van der Waals surface area contributed by atoms with E-state index in [4.69, 9.17) is 4.74 Å². The maximum Gasteiger partial charge on any atom is 0.236 e. The first-order chi connectivity index (χ1) is 12.8. The van der Waals surface area contributed by atoms with E-state index in [-0.39, 0.29) is 29.9 Å². The van der Waals surface area contributed by atoms with Gasteiger partial charge < -0.3 is 19.9 Å². The van der Waals surface area contributed by atoms with Gasteiger partial charge in [-0.3, -0.25) is 14.7 Å². The van der Waals surface area contributed by atoms with Crippen LogP contribution in [-0.4, -0.2) is 111 Å². The molecule has 0 aromatic carbocycles. The van der Waals surface area contributed by atoms with E-state index in [2.05, 4.69) is 31.9 Å². The Bertz CT molecular complexity index is 476. The normalized spacial score (nSPS) is 23.1. The zero-order valence-electron chi connectivity index (χ0n) is 16.4. The van der Waals surface area contributed by atoms with Gasteiger partial charge in [-0.1, -0.05) is 0 Å². The van der Waals surface area contributed by atoms with Crippen LogP contribution in [-0.2, 0) is 9.53 Å². The second kappa shape index (κ2) is 12.3. The van der Waals surface area contributed by atoms with Crippen LogP contribution in [0.5, 0.6) is 0 Å². The Kier molecular flexibility index (Phi) is 10.5. The van der Waals surface area contributed by atoms with Gasteiger partial charge in [-0.15, -0.1) is 24.0 Å². The number of hydrogen-bond donors (Lipinski definition) is 1. The zero-order chi connectivity index (χ0) is 18.2. The molecule has 1 N–H and O–H groups in total. The van der Waals surface area contributed by atoms with E-state index in [1.165, 1.54) is 24.3 Å². The number of ether oxygens (including phenoxy) is 1. The number of hydrogen-bond acceptors (Lipinski definition) is 5. The molecule has 27 heavy (non-hydrogen) atoms. The van der Waals surface area contributed by atoms with E-state index in [1.807, 2.05) is 11.9 Å². The van der Waals surface area contributed by atoms with Gasteiger partial charge in [0.05, 0.1) is 19.8 Å². The predicted molar refractivity (Wildman–Crippen MR) is 122 cm³/mol. The summed E-state index contributed by atoms with van der Waals surface area (Å²) in [5.41, 5.74) is 0. The minimum Gasteiger partial charge on any atom is -0.378 e. The predicted octanol–water partition coefficient (Wildman–Crippen LogP) is 0.799. The lowest BCUT2D eigenvalue weighted by molar-refractivity contribution is -0.136. The quantitative estimate of drug-likeness (QED) is 0.343. The van der Waals surface area contributed by atoms with Crippen LogP contribution >= 0.6 is 35.7 Å². The number of carbonyl (C=O) groups excluding carboxylic acids is 1. The number of amides is 1. The zero-order valence-corrected chi connectivity index (χ0v) is 19.5. The van der Waals surface area contributed by atoms with Crippen molar-refractivity contribution in [3.63, 3.8) is 0 Å². The lowest BCUT2D eigenvalue weighted by Crippen LogP contribution is -2.55. The molecule has 0 spiro atoms. The first-order valence-electron chi connectivity index (χ1n) is 9.87. The number of rotatable bonds is 4. The monoisotopic (exact) mass is 511 g/mol. The number of aliphatic imine (C=N–C) groups is 1. The molecule has 3 aliphatic heterocycles. The topological polar surface area (TPSA) is 60.4 Å². The number of carbonyl (C=O) groups is 1. The van der Waals surface area contributed by atoms with Gasteiger partial charge in [0, 0.05) is 52.9 Å². The number of nitrogens with zero attached hydrogens (tertiary/aromatic N) is 4. The third kappa shape index (κ3) is 7.25. The minimum atomic E-state index is 0. The van der Waals surface area contributed by atoms with Gasteiger partial charge in [0.2, 0.25) is 5.91 Å². The van der Waals surface area contributed by atoms with E-state index in [1.54, 1.807) is 0 Å². The van der Waals surface area contributed by atoms with Crippen LogP contribution in [0.3, 0.4) is 0 Å². The number of piperazine rings is 1. The number of halogens is 1. The summed E-state index contributed by atoms with van der Waals surface area (Å²) < 4.78 is 5.32. The fourth-order valence-corrected chi connectivity index (χ4v) is 4.94. The van der Waals surface area contributed by atoms with E-state index in [0.717, 1.165) is 57.7 Å². The Hall–Kier alpha value is -0.260. The van der Waals surface area contributed by atoms with Crippen LogP contribution in [0.1, 0.15) is 12.8 Å². The molecule has 0 radical (unpaired) electrons. The van der Waals surface area contributed by atoms with E-state index >= 15 is 0 Å². The molecule has 3 fully saturated rings. The van der Waals surface area contributed by atoms with E-state index in [0.29, 0.717) is 19.8 Å². The SMILES string of the molecule is CN=C(NCC1CCSCC1)N1CCN(CC(=O)N2CCOCC2)CC1.I. The summed E-state index contributed by atoms with van der Waals surface area (Å²) in [5, 5.41) is 3.58. The van der Waals surface area contributed by atoms with Crippen LogP contribution in [0.2, 0.25) is 0 Å². The summed E-state index contributed by atoms with van der Waals surface area (Å²) in [6.07, 6.45) is 2.62. The van der Waals surface area contributed by atoms with Crippen LogP contribution in [0.25, 0.3) is 0 Å². The van der Waals surface area contributed by atoms with Crippen molar-refractivity contribution in [3.8, 4) is 0 Å². The van der Waals surface area contributed by atoms with Gasteiger partial charge in [-0.2, -0.15) is 11.8 Å². The first kappa shape index (κ1) is 23.0. The molecular formula is C18H34IN5O2S. The molecule has 0 bridgehead atoms. The molecule has 9 heteroatoms. The molecule has 0 aromatic rings. The lowest BCUT2D eigenvalue weighted by atomic mass is 10.0. The Balaban J connectivity index is 0.00000261. The second-order valence-electron chi connectivity index (χ2n) is 7.24. The van der Waals surface area contributed by atoms with Crippen molar-refractivity contribution in [1.82, 2.24) is 20.0 Å². The third-order valence-corrected chi connectivity index (χ3v) is 6.54. The smallest absolute Gasteiger partial charge is 0.236 e. The van der Waals surface area contributed by atoms with E-state index < -0.39 is 0 Å². The summed E-state index contributed by atoms with van der Waals surface area (Å²) >= 11 is 2.07. The van der Waals surface area contributed by atoms with Crippen molar-refractivity contribution < 1.29 is 9.53 Å². The largest absolute Gasteiger partial charge is 0.378 e. The molecule has 3 heterocycles. The molecule has 0 aliphatic carbocycles. The molecule has 3 aliphatic rings.